The predicted molar refractivity (Wildman–Crippen MR) is 107 cm³/mol. The molecule has 4 heterocycles. The maximum atomic E-state index is 12.2. The van der Waals surface area contributed by atoms with E-state index in [9.17, 15) is 9.59 Å². The summed E-state index contributed by atoms with van der Waals surface area (Å²) in [5.74, 6) is 1.20. The van der Waals surface area contributed by atoms with Gasteiger partial charge in [0.15, 0.2) is 0 Å². The zero-order valence-corrected chi connectivity index (χ0v) is 16.0. The first-order valence-electron chi connectivity index (χ1n) is 9.33. The van der Waals surface area contributed by atoms with E-state index in [1.807, 2.05) is 18.3 Å². The Morgan fingerprint density at radius 2 is 1.86 bits per heavy atom. The van der Waals surface area contributed by atoms with Crippen LogP contribution in [-0.4, -0.2) is 88.3 Å². The van der Waals surface area contributed by atoms with Crippen molar-refractivity contribution >= 4 is 35.4 Å². The molecule has 11 nitrogen and oxygen atoms in total. The van der Waals surface area contributed by atoms with Crippen LogP contribution < -0.4 is 15.1 Å². The third kappa shape index (κ3) is 4.04. The molecule has 3 amide bonds. The fourth-order valence-corrected chi connectivity index (χ4v) is 3.31. The van der Waals surface area contributed by atoms with Gasteiger partial charge in [-0.15, -0.1) is 0 Å². The number of imide groups is 1. The van der Waals surface area contributed by atoms with E-state index >= 15 is 0 Å². The predicted octanol–water partition coefficient (Wildman–Crippen LogP) is 1.29. The summed E-state index contributed by atoms with van der Waals surface area (Å²) in [7, 11) is 2.12. The zero-order valence-electron chi connectivity index (χ0n) is 16.0. The lowest BCUT2D eigenvalue weighted by molar-refractivity contribution is 0.158. The Kier molecular flexibility index (Phi) is 5.12. The van der Waals surface area contributed by atoms with Gasteiger partial charge in [0.1, 0.15) is 11.6 Å². The fraction of sp³-hybridized carbons (Fsp3) is 0.389. The minimum Gasteiger partial charge on any atom is -0.465 e. The summed E-state index contributed by atoms with van der Waals surface area (Å²) in [5.41, 5.74) is 1.06. The van der Waals surface area contributed by atoms with Crippen molar-refractivity contribution in [3.05, 3.63) is 30.6 Å². The van der Waals surface area contributed by atoms with Crippen molar-refractivity contribution in [1.82, 2.24) is 24.8 Å². The molecule has 4 rings (SSSR count). The molecule has 0 unspecified atom stereocenters. The van der Waals surface area contributed by atoms with Gasteiger partial charge in [0.2, 0.25) is 5.95 Å². The van der Waals surface area contributed by atoms with E-state index < -0.39 is 12.1 Å². The minimum absolute atomic E-state index is 0.107. The lowest BCUT2D eigenvalue weighted by atomic mass is 10.3. The van der Waals surface area contributed by atoms with Gasteiger partial charge in [-0.1, -0.05) is 0 Å². The number of rotatable bonds is 4. The van der Waals surface area contributed by atoms with Crippen molar-refractivity contribution < 1.29 is 14.7 Å². The number of anilines is 4. The molecule has 0 bridgehead atoms. The Labute approximate surface area is 167 Å². The summed E-state index contributed by atoms with van der Waals surface area (Å²) < 4.78 is 0. The minimum atomic E-state index is -1.27. The normalized spacial score (nSPS) is 17.7. The van der Waals surface area contributed by atoms with E-state index in [-0.39, 0.29) is 19.0 Å². The molecule has 0 saturated carbocycles. The van der Waals surface area contributed by atoms with Crippen LogP contribution in [0.25, 0.3) is 0 Å². The number of hydrogen-bond acceptors (Lipinski definition) is 8. The van der Waals surface area contributed by atoms with Crippen molar-refractivity contribution in [3.63, 3.8) is 0 Å². The fourth-order valence-electron chi connectivity index (χ4n) is 3.31. The second-order valence-electron chi connectivity index (χ2n) is 6.92. The number of likely N-dealkylation sites (N-methyl/N-ethyl adjacent to an activating group) is 1. The van der Waals surface area contributed by atoms with E-state index in [1.54, 1.807) is 6.07 Å². The van der Waals surface area contributed by atoms with Gasteiger partial charge in [0.25, 0.3) is 0 Å². The second kappa shape index (κ2) is 7.87. The molecule has 2 aromatic rings. The molecule has 0 aliphatic carbocycles. The number of pyridine rings is 1. The van der Waals surface area contributed by atoms with Crippen LogP contribution in [-0.2, 0) is 0 Å². The number of aromatic nitrogens is 3. The molecule has 2 saturated heterocycles. The summed E-state index contributed by atoms with van der Waals surface area (Å²) in [5, 5.41) is 12.1. The SMILES string of the molecule is CN1CCN(c2ccc(Nc3nccc(N4CCN(C(=O)O)C4=O)n3)nc2)CC1. The Morgan fingerprint density at radius 3 is 2.52 bits per heavy atom. The number of hydrogen-bond donors (Lipinski definition) is 2. The monoisotopic (exact) mass is 398 g/mol. The summed E-state index contributed by atoms with van der Waals surface area (Å²) >= 11 is 0. The molecule has 2 N–H and O–H groups in total. The number of carboxylic acid groups (broad SMARTS) is 1. The average Bonchev–Trinajstić information content (AvgIpc) is 3.11. The molecule has 2 aliphatic heterocycles. The average molecular weight is 398 g/mol. The van der Waals surface area contributed by atoms with Crippen LogP contribution in [0.3, 0.4) is 0 Å². The molecule has 2 aliphatic rings. The van der Waals surface area contributed by atoms with Crippen LogP contribution >= 0.6 is 0 Å². The molecular formula is C18H22N8O3. The van der Waals surface area contributed by atoms with Gasteiger partial charge in [-0.05, 0) is 25.2 Å². The topological polar surface area (TPSA) is 118 Å². The van der Waals surface area contributed by atoms with Crippen molar-refractivity contribution in [2.75, 3.05) is 61.4 Å². The summed E-state index contributed by atoms with van der Waals surface area (Å²) in [6, 6.07) is 4.81. The molecule has 2 fully saturated rings. The number of nitrogens with one attached hydrogen (secondary N) is 1. The quantitative estimate of drug-likeness (QED) is 0.785. The molecule has 0 aromatic carbocycles. The van der Waals surface area contributed by atoms with Crippen molar-refractivity contribution in [2.24, 2.45) is 0 Å². The molecule has 0 radical (unpaired) electrons. The second-order valence-corrected chi connectivity index (χ2v) is 6.92. The van der Waals surface area contributed by atoms with E-state index in [4.69, 9.17) is 5.11 Å². The lowest BCUT2D eigenvalue weighted by Crippen LogP contribution is -2.44. The Balaban J connectivity index is 1.43. The smallest absolute Gasteiger partial charge is 0.415 e. The van der Waals surface area contributed by atoms with E-state index in [0.29, 0.717) is 11.6 Å². The highest BCUT2D eigenvalue weighted by Crippen LogP contribution is 2.21. The molecule has 11 heteroatoms. The van der Waals surface area contributed by atoms with Crippen LogP contribution in [0.5, 0.6) is 0 Å². The zero-order chi connectivity index (χ0) is 20.4. The Hall–Kier alpha value is -3.47. The molecule has 0 atom stereocenters. The van der Waals surface area contributed by atoms with Gasteiger partial charge in [0, 0.05) is 38.9 Å². The first kappa shape index (κ1) is 18.9. The molecule has 29 heavy (non-hydrogen) atoms. The highest BCUT2D eigenvalue weighted by Gasteiger charge is 2.34. The largest absolute Gasteiger partial charge is 0.465 e. The van der Waals surface area contributed by atoms with Gasteiger partial charge >= 0.3 is 12.1 Å². The summed E-state index contributed by atoms with van der Waals surface area (Å²) in [6.07, 6.45) is 2.06. The van der Waals surface area contributed by atoms with Crippen LogP contribution in [0.15, 0.2) is 30.6 Å². The molecule has 152 valence electrons. The van der Waals surface area contributed by atoms with E-state index in [2.05, 4.69) is 37.1 Å². The molecule has 2 aromatic heterocycles. The number of piperazine rings is 1. The number of nitrogens with zero attached hydrogens (tertiary/aromatic N) is 7. The van der Waals surface area contributed by atoms with Crippen LogP contribution in [0.4, 0.5) is 32.9 Å². The van der Waals surface area contributed by atoms with Crippen molar-refractivity contribution in [2.45, 2.75) is 0 Å². The van der Waals surface area contributed by atoms with E-state index in [1.165, 1.54) is 11.1 Å². The van der Waals surface area contributed by atoms with Gasteiger partial charge in [-0.25, -0.2) is 24.5 Å². The molecule has 0 spiro atoms. The van der Waals surface area contributed by atoms with E-state index in [0.717, 1.165) is 36.8 Å². The van der Waals surface area contributed by atoms with Gasteiger partial charge < -0.3 is 20.2 Å². The Morgan fingerprint density at radius 1 is 1.07 bits per heavy atom. The highest BCUT2D eigenvalue weighted by molar-refractivity contribution is 6.01. The summed E-state index contributed by atoms with van der Waals surface area (Å²) in [4.78, 5) is 42.8. The maximum absolute atomic E-state index is 12.2. The maximum Gasteiger partial charge on any atom is 0.415 e. The number of urea groups is 1. The first-order valence-corrected chi connectivity index (χ1v) is 9.33. The van der Waals surface area contributed by atoms with Crippen LogP contribution in [0.1, 0.15) is 0 Å². The molecular weight excluding hydrogens is 376 g/mol. The van der Waals surface area contributed by atoms with Crippen molar-refractivity contribution in [1.29, 1.82) is 0 Å². The van der Waals surface area contributed by atoms with Crippen LogP contribution in [0.2, 0.25) is 0 Å². The third-order valence-corrected chi connectivity index (χ3v) is 5.01. The number of carbonyl (C=O) groups excluding carboxylic acids is 1. The summed E-state index contributed by atoms with van der Waals surface area (Å²) in [6.45, 7) is 4.33. The van der Waals surface area contributed by atoms with Gasteiger partial charge in [0.05, 0.1) is 18.4 Å². The van der Waals surface area contributed by atoms with Gasteiger partial charge in [-0.2, -0.15) is 4.98 Å². The standard InChI is InChI=1S/C18H22N8O3/c1-23-6-8-24(9-7-23)13-2-3-14(20-12-13)21-16-19-5-4-15(22-16)25-10-11-26(17(25)27)18(28)29/h2-5,12H,6-11H2,1H3,(H,28,29)(H,19,20,21,22). The van der Waals surface area contributed by atoms with Crippen molar-refractivity contribution in [3.8, 4) is 0 Å². The van der Waals surface area contributed by atoms with Gasteiger partial charge in [-0.3, -0.25) is 4.90 Å². The first-order chi connectivity index (χ1) is 14.0. The number of amides is 3. The third-order valence-electron chi connectivity index (χ3n) is 5.01. The number of carbonyl (C=O) groups is 2. The Bertz CT molecular complexity index is 898. The highest BCUT2D eigenvalue weighted by atomic mass is 16.4. The van der Waals surface area contributed by atoms with Crippen LogP contribution in [0, 0.1) is 0 Å². The lowest BCUT2D eigenvalue weighted by Gasteiger charge is -2.33.